The fraction of sp³-hybridized carbons (Fsp3) is 0.364. The van der Waals surface area contributed by atoms with Crippen molar-refractivity contribution in [3.05, 3.63) is 29.8 Å². The molecule has 4 nitrogen and oxygen atoms in total. The Morgan fingerprint density at radius 1 is 1.20 bits per heavy atom. The molecule has 1 aromatic rings. The Balaban J connectivity index is 2.68. The van der Waals surface area contributed by atoms with Gasteiger partial charge in [0.05, 0.1) is 12.7 Å². The van der Waals surface area contributed by atoms with E-state index in [9.17, 15) is 4.79 Å². The van der Waals surface area contributed by atoms with Gasteiger partial charge >= 0.3 is 5.97 Å². The SMILES string of the molecule is COC(=O)c1ccc(OC(C)OC)cc1. The Kier molecular flexibility index (Phi) is 4.12. The van der Waals surface area contributed by atoms with Crippen LogP contribution in [0.1, 0.15) is 17.3 Å². The summed E-state index contributed by atoms with van der Waals surface area (Å²) in [7, 11) is 2.91. The summed E-state index contributed by atoms with van der Waals surface area (Å²) in [4.78, 5) is 11.1. The van der Waals surface area contributed by atoms with Crippen LogP contribution in [-0.4, -0.2) is 26.5 Å². The van der Waals surface area contributed by atoms with Gasteiger partial charge < -0.3 is 14.2 Å². The molecule has 1 unspecified atom stereocenters. The average molecular weight is 210 g/mol. The van der Waals surface area contributed by atoms with Gasteiger partial charge in [-0.1, -0.05) is 0 Å². The van der Waals surface area contributed by atoms with Crippen molar-refractivity contribution < 1.29 is 19.0 Å². The van der Waals surface area contributed by atoms with Crippen LogP contribution in [0.25, 0.3) is 0 Å². The van der Waals surface area contributed by atoms with Crippen LogP contribution in [0, 0.1) is 0 Å². The second-order valence-corrected chi connectivity index (χ2v) is 2.94. The summed E-state index contributed by atoms with van der Waals surface area (Å²) in [5, 5.41) is 0. The number of carbonyl (C=O) groups is 1. The van der Waals surface area contributed by atoms with E-state index in [-0.39, 0.29) is 12.3 Å². The van der Waals surface area contributed by atoms with Crippen LogP contribution < -0.4 is 4.74 Å². The van der Waals surface area contributed by atoms with E-state index in [0.717, 1.165) is 0 Å². The molecule has 0 saturated carbocycles. The maximum absolute atomic E-state index is 11.1. The molecular formula is C11H14O4. The Labute approximate surface area is 88.8 Å². The van der Waals surface area contributed by atoms with Gasteiger partial charge in [0, 0.05) is 7.11 Å². The summed E-state index contributed by atoms with van der Waals surface area (Å²) >= 11 is 0. The molecule has 15 heavy (non-hydrogen) atoms. The molecule has 0 saturated heterocycles. The van der Waals surface area contributed by atoms with E-state index in [1.807, 2.05) is 0 Å². The van der Waals surface area contributed by atoms with Crippen LogP contribution in [-0.2, 0) is 9.47 Å². The van der Waals surface area contributed by atoms with E-state index in [1.54, 1.807) is 38.3 Å². The van der Waals surface area contributed by atoms with Gasteiger partial charge in [-0.05, 0) is 31.2 Å². The summed E-state index contributed by atoms with van der Waals surface area (Å²) in [5.74, 6) is 0.290. The Morgan fingerprint density at radius 2 is 1.80 bits per heavy atom. The minimum absolute atomic E-state index is 0.311. The lowest BCUT2D eigenvalue weighted by Crippen LogP contribution is -2.13. The van der Waals surface area contributed by atoms with Gasteiger partial charge in [-0.25, -0.2) is 4.79 Å². The maximum atomic E-state index is 11.1. The molecule has 0 amide bonds. The molecule has 0 aliphatic rings. The first kappa shape index (κ1) is 11.5. The van der Waals surface area contributed by atoms with Gasteiger partial charge in [0.2, 0.25) is 0 Å². The summed E-state index contributed by atoms with van der Waals surface area (Å²) in [5.41, 5.74) is 0.495. The normalized spacial score (nSPS) is 11.9. The monoisotopic (exact) mass is 210 g/mol. The molecule has 0 aliphatic heterocycles. The summed E-state index contributed by atoms with van der Waals surface area (Å²) in [6.07, 6.45) is -0.311. The predicted octanol–water partition coefficient (Wildman–Crippen LogP) is 1.84. The molecule has 0 fully saturated rings. The largest absolute Gasteiger partial charge is 0.465 e. The van der Waals surface area contributed by atoms with Gasteiger partial charge in [-0.15, -0.1) is 0 Å². The van der Waals surface area contributed by atoms with Gasteiger partial charge in [0.15, 0.2) is 6.29 Å². The van der Waals surface area contributed by atoms with Crippen molar-refractivity contribution in [1.82, 2.24) is 0 Å². The third kappa shape index (κ3) is 3.25. The zero-order chi connectivity index (χ0) is 11.3. The lowest BCUT2D eigenvalue weighted by Gasteiger charge is -2.12. The van der Waals surface area contributed by atoms with Crippen molar-refractivity contribution in [1.29, 1.82) is 0 Å². The number of rotatable bonds is 4. The van der Waals surface area contributed by atoms with E-state index >= 15 is 0 Å². The maximum Gasteiger partial charge on any atom is 0.337 e. The lowest BCUT2D eigenvalue weighted by atomic mass is 10.2. The highest BCUT2D eigenvalue weighted by atomic mass is 16.7. The second-order valence-electron chi connectivity index (χ2n) is 2.94. The van der Waals surface area contributed by atoms with E-state index in [4.69, 9.17) is 9.47 Å². The molecule has 1 atom stereocenters. The minimum atomic E-state index is -0.360. The molecule has 1 rings (SSSR count). The van der Waals surface area contributed by atoms with Gasteiger partial charge in [0.25, 0.3) is 0 Å². The highest BCUT2D eigenvalue weighted by Crippen LogP contribution is 2.14. The predicted molar refractivity (Wildman–Crippen MR) is 54.9 cm³/mol. The van der Waals surface area contributed by atoms with Crippen molar-refractivity contribution in [2.45, 2.75) is 13.2 Å². The van der Waals surface area contributed by atoms with Crippen molar-refractivity contribution in [2.75, 3.05) is 14.2 Å². The third-order valence-electron chi connectivity index (χ3n) is 1.91. The number of hydrogen-bond acceptors (Lipinski definition) is 4. The van der Waals surface area contributed by atoms with Crippen molar-refractivity contribution in [3.8, 4) is 5.75 Å². The molecule has 0 heterocycles. The molecule has 82 valence electrons. The highest BCUT2D eigenvalue weighted by molar-refractivity contribution is 5.89. The molecule has 0 radical (unpaired) electrons. The van der Waals surface area contributed by atoms with E-state index in [2.05, 4.69) is 4.74 Å². The van der Waals surface area contributed by atoms with Crippen LogP contribution in [0.15, 0.2) is 24.3 Å². The first-order valence-corrected chi connectivity index (χ1v) is 4.55. The van der Waals surface area contributed by atoms with Crippen LogP contribution in [0.3, 0.4) is 0 Å². The molecule has 0 N–H and O–H groups in total. The van der Waals surface area contributed by atoms with Crippen LogP contribution in [0.5, 0.6) is 5.75 Å². The van der Waals surface area contributed by atoms with Crippen LogP contribution in [0.2, 0.25) is 0 Å². The number of benzene rings is 1. The van der Waals surface area contributed by atoms with Gasteiger partial charge in [-0.3, -0.25) is 0 Å². The number of hydrogen-bond donors (Lipinski definition) is 0. The Morgan fingerprint density at radius 3 is 2.27 bits per heavy atom. The first-order chi connectivity index (χ1) is 7.17. The van der Waals surface area contributed by atoms with E-state index < -0.39 is 0 Å². The smallest absolute Gasteiger partial charge is 0.337 e. The Hall–Kier alpha value is -1.55. The van der Waals surface area contributed by atoms with Crippen LogP contribution in [0.4, 0.5) is 0 Å². The number of esters is 1. The number of carbonyl (C=O) groups excluding carboxylic acids is 1. The third-order valence-corrected chi connectivity index (χ3v) is 1.91. The molecule has 0 aromatic heterocycles. The summed E-state index contributed by atoms with van der Waals surface area (Å²) < 4.78 is 14.9. The minimum Gasteiger partial charge on any atom is -0.465 e. The second kappa shape index (κ2) is 5.36. The summed E-state index contributed by atoms with van der Waals surface area (Å²) in [6.45, 7) is 1.79. The average Bonchev–Trinajstić information content (AvgIpc) is 2.29. The molecule has 0 spiro atoms. The molecule has 0 bridgehead atoms. The number of ether oxygens (including phenoxy) is 3. The van der Waals surface area contributed by atoms with E-state index in [1.165, 1.54) is 7.11 Å². The fourth-order valence-electron chi connectivity index (χ4n) is 1.03. The highest BCUT2D eigenvalue weighted by Gasteiger charge is 2.06. The molecule has 0 aliphatic carbocycles. The number of methoxy groups -OCH3 is 2. The van der Waals surface area contributed by atoms with Gasteiger partial charge in [-0.2, -0.15) is 0 Å². The van der Waals surface area contributed by atoms with Crippen molar-refractivity contribution >= 4 is 5.97 Å². The topological polar surface area (TPSA) is 44.8 Å². The molecule has 4 heteroatoms. The van der Waals surface area contributed by atoms with Crippen molar-refractivity contribution in [2.24, 2.45) is 0 Å². The zero-order valence-corrected chi connectivity index (χ0v) is 9.02. The fourth-order valence-corrected chi connectivity index (χ4v) is 1.03. The summed E-state index contributed by atoms with van der Waals surface area (Å²) in [6, 6.07) is 6.68. The quantitative estimate of drug-likeness (QED) is 0.562. The standard InChI is InChI=1S/C11H14O4/c1-8(13-2)15-10-6-4-9(5-7-10)11(12)14-3/h4-8H,1-3H3. The van der Waals surface area contributed by atoms with Crippen LogP contribution >= 0.6 is 0 Å². The molecule has 1 aromatic carbocycles. The van der Waals surface area contributed by atoms with Crippen molar-refractivity contribution in [3.63, 3.8) is 0 Å². The lowest BCUT2D eigenvalue weighted by molar-refractivity contribution is -0.0382. The van der Waals surface area contributed by atoms with Gasteiger partial charge in [0.1, 0.15) is 5.75 Å². The molecular weight excluding hydrogens is 196 g/mol. The zero-order valence-electron chi connectivity index (χ0n) is 9.02. The Bertz CT molecular complexity index is 318. The first-order valence-electron chi connectivity index (χ1n) is 4.55. The van der Waals surface area contributed by atoms with E-state index in [0.29, 0.717) is 11.3 Å².